The summed E-state index contributed by atoms with van der Waals surface area (Å²) in [5.74, 6) is 0. The third-order valence-electron chi connectivity index (χ3n) is 13.3. The Morgan fingerprint density at radius 3 is 1.89 bits per heavy atom. The summed E-state index contributed by atoms with van der Waals surface area (Å²) in [7, 11) is -3.50. The molecule has 13 rings (SSSR count). The van der Waals surface area contributed by atoms with Crippen LogP contribution in [0.2, 0.25) is 0 Å². The second-order valence-corrected chi connectivity index (χ2v) is 19.4. The van der Waals surface area contributed by atoms with Crippen LogP contribution in [0.15, 0.2) is 229 Å². The summed E-state index contributed by atoms with van der Waals surface area (Å²) in [6.07, 6.45) is 7.33. The molecule has 0 bridgehead atoms. The summed E-state index contributed by atoms with van der Waals surface area (Å²) >= 11 is 0. The fourth-order valence-corrected chi connectivity index (χ4v) is 13.7. The fourth-order valence-electron chi connectivity index (χ4n) is 10.5. The number of rotatable bonds is 5. The van der Waals surface area contributed by atoms with Crippen LogP contribution in [0.4, 0.5) is 17.1 Å². The highest BCUT2D eigenvalue weighted by Crippen LogP contribution is 2.63. The zero-order valence-corrected chi connectivity index (χ0v) is 35.8. The van der Waals surface area contributed by atoms with E-state index in [-0.39, 0.29) is 0 Å². The summed E-state index contributed by atoms with van der Waals surface area (Å²) in [6, 6.07) is 69.4. The minimum absolute atomic E-state index is 0.713. The minimum Gasteiger partial charge on any atom is -0.456 e. The van der Waals surface area contributed by atoms with Crippen LogP contribution in [0.1, 0.15) is 22.3 Å². The van der Waals surface area contributed by atoms with Gasteiger partial charge in [-0.25, -0.2) is 4.98 Å². The summed E-state index contributed by atoms with van der Waals surface area (Å²) in [5.41, 5.74) is 13.3. The number of aromatic nitrogens is 3. The molecule has 6 heterocycles. The molecular weight excluding hydrogens is 816 g/mol. The van der Waals surface area contributed by atoms with E-state index in [1.54, 1.807) is 12.4 Å². The summed E-state index contributed by atoms with van der Waals surface area (Å²) in [4.78, 5) is 16.7. The van der Waals surface area contributed by atoms with E-state index in [1.807, 2.05) is 79.1 Å². The second kappa shape index (κ2) is 14.4. The molecule has 306 valence electrons. The van der Waals surface area contributed by atoms with E-state index in [4.69, 9.17) is 9.40 Å². The van der Waals surface area contributed by atoms with Crippen molar-refractivity contribution in [1.29, 1.82) is 0 Å². The van der Waals surface area contributed by atoms with Crippen LogP contribution >= 0.6 is 7.14 Å². The number of hydrogen-bond acceptors (Lipinski definition) is 6. The highest BCUT2D eigenvalue weighted by atomic mass is 31.2. The molecular formula is C58H37N4O2P. The van der Waals surface area contributed by atoms with Gasteiger partial charge in [0.1, 0.15) is 11.2 Å². The van der Waals surface area contributed by atoms with Crippen molar-refractivity contribution < 1.29 is 8.98 Å². The first-order chi connectivity index (χ1) is 32.1. The Morgan fingerprint density at radius 1 is 0.446 bits per heavy atom. The van der Waals surface area contributed by atoms with Crippen molar-refractivity contribution in [3.05, 3.63) is 247 Å². The molecule has 2 aliphatic heterocycles. The molecule has 7 heteroatoms. The topological polar surface area (TPSA) is 72.1 Å². The van der Waals surface area contributed by atoms with Crippen molar-refractivity contribution in [1.82, 2.24) is 15.0 Å². The Kier molecular flexibility index (Phi) is 8.30. The van der Waals surface area contributed by atoms with E-state index in [0.717, 1.165) is 105 Å². The maximum absolute atomic E-state index is 16.7. The van der Waals surface area contributed by atoms with Gasteiger partial charge in [0.25, 0.3) is 0 Å². The van der Waals surface area contributed by atoms with Gasteiger partial charge in [-0.05, 0) is 101 Å². The number of anilines is 3. The zero-order chi connectivity index (χ0) is 43.1. The van der Waals surface area contributed by atoms with Gasteiger partial charge >= 0.3 is 0 Å². The van der Waals surface area contributed by atoms with Crippen molar-refractivity contribution in [3.8, 4) is 33.6 Å². The molecule has 2 aliphatic rings. The number of pyridine rings is 3. The quantitative estimate of drug-likeness (QED) is 0.161. The van der Waals surface area contributed by atoms with Gasteiger partial charge in [0.2, 0.25) is 0 Å². The lowest BCUT2D eigenvalue weighted by Gasteiger charge is -2.50. The molecule has 11 aromatic rings. The molecule has 4 aromatic heterocycles. The lowest BCUT2D eigenvalue weighted by Crippen LogP contribution is -2.49. The number of nitrogens with zero attached hydrogens (tertiary/aromatic N) is 4. The maximum atomic E-state index is 16.7. The van der Waals surface area contributed by atoms with Crippen LogP contribution in [0.3, 0.4) is 0 Å². The second-order valence-electron chi connectivity index (χ2n) is 16.7. The zero-order valence-electron chi connectivity index (χ0n) is 34.9. The van der Waals surface area contributed by atoms with E-state index in [1.165, 1.54) is 0 Å². The van der Waals surface area contributed by atoms with Crippen molar-refractivity contribution >= 4 is 62.1 Å². The Morgan fingerprint density at radius 2 is 1.11 bits per heavy atom. The molecule has 65 heavy (non-hydrogen) atoms. The third kappa shape index (κ3) is 5.48. The monoisotopic (exact) mass is 852 g/mol. The van der Waals surface area contributed by atoms with Crippen molar-refractivity contribution in [2.45, 2.75) is 5.41 Å². The van der Waals surface area contributed by atoms with Crippen LogP contribution in [0.25, 0.3) is 55.6 Å². The Balaban J connectivity index is 1.16. The van der Waals surface area contributed by atoms with E-state index in [9.17, 15) is 0 Å². The van der Waals surface area contributed by atoms with Crippen LogP contribution in [-0.2, 0) is 9.98 Å². The van der Waals surface area contributed by atoms with Crippen LogP contribution < -0.4 is 20.8 Å². The molecule has 1 spiro atoms. The first-order valence-electron chi connectivity index (χ1n) is 21.8. The first kappa shape index (κ1) is 37.4. The van der Waals surface area contributed by atoms with E-state index >= 15 is 4.57 Å². The smallest absolute Gasteiger partial charge is 0.171 e. The minimum atomic E-state index is -3.50. The molecule has 0 fully saturated rings. The number of benzene rings is 7. The van der Waals surface area contributed by atoms with E-state index < -0.39 is 12.6 Å². The Bertz CT molecular complexity index is 3650. The largest absolute Gasteiger partial charge is 0.456 e. The average molecular weight is 853 g/mol. The Hall–Kier alpha value is -8.18. The molecule has 2 atom stereocenters. The number of fused-ring (bicyclic) bond motifs is 11. The van der Waals surface area contributed by atoms with Crippen LogP contribution in [0.5, 0.6) is 0 Å². The fraction of sp³-hybridized carbons (Fsp3) is 0.0172. The molecule has 7 aromatic carbocycles. The molecule has 2 unspecified atom stereocenters. The van der Waals surface area contributed by atoms with Gasteiger partial charge in [-0.3, -0.25) is 9.97 Å². The Labute approximate surface area is 375 Å². The molecule has 0 saturated carbocycles. The lowest BCUT2D eigenvalue weighted by atomic mass is 9.62. The SMILES string of the molecule is O=P1(c2ccccc2)c2ccccc2C2(c3ccccc3N(c3ccccc3)c3cc(-c4cc(-c5cccnc5)cc(-c5cccnc5)n4)ccc32)c2cc3c(cc21)oc1ccccc13. The number of para-hydroxylation sites is 3. The molecule has 0 N–H and O–H groups in total. The lowest BCUT2D eigenvalue weighted by molar-refractivity contribution is 0.590. The van der Waals surface area contributed by atoms with Gasteiger partial charge < -0.3 is 13.9 Å². The van der Waals surface area contributed by atoms with Gasteiger partial charge in [0.15, 0.2) is 7.14 Å². The number of furan rings is 1. The molecule has 0 radical (unpaired) electrons. The third-order valence-corrected chi connectivity index (χ3v) is 16.4. The van der Waals surface area contributed by atoms with Gasteiger partial charge in [-0.15, -0.1) is 0 Å². The molecule has 0 amide bonds. The van der Waals surface area contributed by atoms with Crippen molar-refractivity contribution in [3.63, 3.8) is 0 Å². The van der Waals surface area contributed by atoms with Crippen molar-refractivity contribution in [2.24, 2.45) is 0 Å². The van der Waals surface area contributed by atoms with Gasteiger partial charge in [-0.1, -0.05) is 127 Å². The first-order valence-corrected chi connectivity index (χ1v) is 23.5. The van der Waals surface area contributed by atoms with Crippen LogP contribution in [-0.4, -0.2) is 15.0 Å². The highest BCUT2D eigenvalue weighted by molar-refractivity contribution is 7.85. The summed E-state index contributed by atoms with van der Waals surface area (Å²) in [6.45, 7) is 0. The van der Waals surface area contributed by atoms with Crippen molar-refractivity contribution in [2.75, 3.05) is 4.90 Å². The van der Waals surface area contributed by atoms with Crippen LogP contribution in [0, 0.1) is 0 Å². The van der Waals surface area contributed by atoms with Gasteiger partial charge in [0.05, 0.1) is 28.2 Å². The molecule has 6 nitrogen and oxygen atoms in total. The highest BCUT2D eigenvalue weighted by Gasteiger charge is 2.55. The standard InChI is InChI=1S/C58H37N4O2P/c63-65(43-19-5-2-6-20-43)56-26-12-9-23-48(56)58(49-34-45-44-21-7-11-25-54(44)64-55(45)35-57(49)65)46-22-8-10-24-52(46)62(42-17-3-1-4-18-42)53-33-38(27-28-47(53)58)50-31-41(39-15-13-29-59-36-39)32-51(61-50)40-16-14-30-60-37-40/h1-37H. The molecule has 0 saturated heterocycles. The van der Waals surface area contributed by atoms with Gasteiger partial charge in [0, 0.05) is 73.9 Å². The van der Waals surface area contributed by atoms with Gasteiger partial charge in [-0.2, -0.15) is 0 Å². The average Bonchev–Trinajstić information content (AvgIpc) is 3.75. The predicted molar refractivity (Wildman–Crippen MR) is 263 cm³/mol. The normalized spacial score (nSPS) is 17.1. The summed E-state index contributed by atoms with van der Waals surface area (Å²) in [5, 5.41) is 4.38. The molecule has 0 aliphatic carbocycles. The summed E-state index contributed by atoms with van der Waals surface area (Å²) < 4.78 is 23.4. The van der Waals surface area contributed by atoms with E-state index in [0.29, 0.717) is 5.58 Å². The number of hydrogen-bond donors (Lipinski definition) is 0. The predicted octanol–water partition coefficient (Wildman–Crippen LogP) is 12.9. The van der Waals surface area contributed by atoms with E-state index in [2.05, 4.69) is 148 Å². The maximum Gasteiger partial charge on any atom is 0.171 e.